The van der Waals surface area contributed by atoms with Gasteiger partial charge in [-0.2, -0.15) is 0 Å². The molecule has 3 nitrogen and oxygen atoms in total. The summed E-state index contributed by atoms with van der Waals surface area (Å²) < 4.78 is 5.41. The number of hydrogen-bond acceptors (Lipinski definition) is 3. The van der Waals surface area contributed by atoms with Gasteiger partial charge in [0.05, 0.1) is 6.61 Å². The monoisotopic (exact) mass is 192 g/mol. The summed E-state index contributed by atoms with van der Waals surface area (Å²) in [5.41, 5.74) is 1.08. The number of hydrogen-bond donors (Lipinski definition) is 0. The zero-order valence-corrected chi connectivity index (χ0v) is 8.57. The van der Waals surface area contributed by atoms with Crippen molar-refractivity contribution in [2.75, 3.05) is 31.2 Å². The van der Waals surface area contributed by atoms with Gasteiger partial charge in [0.25, 0.3) is 0 Å². The molecular weight excluding hydrogens is 176 g/mol. The number of aromatic nitrogens is 1. The Morgan fingerprint density at radius 1 is 1.29 bits per heavy atom. The fourth-order valence-electron chi connectivity index (χ4n) is 1.68. The lowest BCUT2D eigenvalue weighted by atomic mass is 10.3. The summed E-state index contributed by atoms with van der Waals surface area (Å²) in [7, 11) is 0. The number of pyridine rings is 1. The van der Waals surface area contributed by atoms with Gasteiger partial charge in [-0.1, -0.05) is 6.07 Å². The van der Waals surface area contributed by atoms with E-state index in [0.29, 0.717) is 0 Å². The Morgan fingerprint density at radius 3 is 3.07 bits per heavy atom. The normalized spacial score (nSPS) is 17.9. The maximum atomic E-state index is 5.41. The van der Waals surface area contributed by atoms with Gasteiger partial charge < -0.3 is 9.64 Å². The van der Waals surface area contributed by atoms with Crippen molar-refractivity contribution in [2.24, 2.45) is 0 Å². The van der Waals surface area contributed by atoms with Gasteiger partial charge in [-0.15, -0.1) is 0 Å². The molecule has 0 spiro atoms. The molecule has 1 aromatic heterocycles. The number of aryl methyl sites for hydroxylation is 1. The molecule has 0 saturated carbocycles. The van der Waals surface area contributed by atoms with Gasteiger partial charge in [0, 0.05) is 25.4 Å². The van der Waals surface area contributed by atoms with Crippen LogP contribution in [0.25, 0.3) is 0 Å². The first-order chi connectivity index (χ1) is 6.86. The van der Waals surface area contributed by atoms with Crippen LogP contribution in [0.15, 0.2) is 18.2 Å². The van der Waals surface area contributed by atoms with E-state index in [-0.39, 0.29) is 0 Å². The Balaban J connectivity index is 2.12. The molecule has 1 aliphatic heterocycles. The fraction of sp³-hybridized carbons (Fsp3) is 0.545. The van der Waals surface area contributed by atoms with E-state index in [1.165, 1.54) is 0 Å². The van der Waals surface area contributed by atoms with Crippen molar-refractivity contribution in [2.45, 2.75) is 13.3 Å². The molecule has 3 heteroatoms. The lowest BCUT2D eigenvalue weighted by molar-refractivity contribution is 0.152. The number of anilines is 1. The Kier molecular flexibility index (Phi) is 2.99. The quantitative estimate of drug-likeness (QED) is 0.676. The van der Waals surface area contributed by atoms with Crippen molar-refractivity contribution in [3.63, 3.8) is 0 Å². The molecule has 2 heterocycles. The summed E-state index contributed by atoms with van der Waals surface area (Å²) in [5, 5.41) is 0. The van der Waals surface area contributed by atoms with Gasteiger partial charge in [0.15, 0.2) is 0 Å². The summed E-state index contributed by atoms with van der Waals surface area (Å²) in [6.07, 6.45) is 1.09. The molecule has 0 aromatic carbocycles. The minimum atomic E-state index is 0.815. The second-order valence-corrected chi connectivity index (χ2v) is 3.59. The Morgan fingerprint density at radius 2 is 2.21 bits per heavy atom. The van der Waals surface area contributed by atoms with E-state index in [0.717, 1.165) is 44.2 Å². The van der Waals surface area contributed by atoms with Crippen molar-refractivity contribution in [1.82, 2.24) is 4.98 Å². The molecule has 0 atom stereocenters. The van der Waals surface area contributed by atoms with E-state index in [2.05, 4.69) is 22.0 Å². The molecule has 1 aromatic rings. The maximum Gasteiger partial charge on any atom is 0.128 e. The van der Waals surface area contributed by atoms with E-state index >= 15 is 0 Å². The predicted octanol–water partition coefficient (Wildman–Crippen LogP) is 1.62. The second-order valence-electron chi connectivity index (χ2n) is 3.59. The number of nitrogens with zero attached hydrogens (tertiary/aromatic N) is 2. The molecular formula is C11H16N2O. The van der Waals surface area contributed by atoms with Gasteiger partial charge in [0.1, 0.15) is 5.82 Å². The van der Waals surface area contributed by atoms with Crippen LogP contribution in [0.4, 0.5) is 5.82 Å². The minimum Gasteiger partial charge on any atom is -0.380 e. The molecule has 0 aliphatic carbocycles. The van der Waals surface area contributed by atoms with Crippen LogP contribution in [-0.4, -0.2) is 31.3 Å². The summed E-state index contributed by atoms with van der Waals surface area (Å²) in [6.45, 7) is 5.72. The van der Waals surface area contributed by atoms with Gasteiger partial charge in [-0.05, 0) is 25.5 Å². The zero-order chi connectivity index (χ0) is 9.80. The number of ether oxygens (including phenoxy) is 1. The molecule has 0 unspecified atom stereocenters. The highest BCUT2D eigenvalue weighted by molar-refractivity contribution is 5.39. The van der Waals surface area contributed by atoms with Gasteiger partial charge in [-0.25, -0.2) is 4.98 Å². The topological polar surface area (TPSA) is 25.4 Å². The Bertz CT molecular complexity index is 293. The summed E-state index contributed by atoms with van der Waals surface area (Å²) in [5.74, 6) is 1.08. The molecule has 0 N–H and O–H groups in total. The first-order valence-corrected chi connectivity index (χ1v) is 5.12. The van der Waals surface area contributed by atoms with Gasteiger partial charge >= 0.3 is 0 Å². The molecule has 14 heavy (non-hydrogen) atoms. The minimum absolute atomic E-state index is 0.815. The van der Waals surface area contributed by atoms with Crippen molar-refractivity contribution < 1.29 is 4.74 Å². The van der Waals surface area contributed by atoms with E-state index in [1.54, 1.807) is 0 Å². The molecule has 1 fully saturated rings. The zero-order valence-electron chi connectivity index (χ0n) is 8.57. The van der Waals surface area contributed by atoms with E-state index in [4.69, 9.17) is 4.74 Å². The standard InChI is InChI=1S/C11H16N2O/c1-10-4-2-5-11(12-10)13-6-3-8-14-9-7-13/h2,4-5H,3,6-9H2,1H3. The molecule has 0 bridgehead atoms. The molecule has 2 rings (SSSR count). The predicted molar refractivity (Wildman–Crippen MR) is 56.6 cm³/mol. The number of rotatable bonds is 1. The van der Waals surface area contributed by atoms with Crippen molar-refractivity contribution >= 4 is 5.82 Å². The molecule has 0 amide bonds. The average Bonchev–Trinajstić information content (AvgIpc) is 2.45. The fourth-order valence-corrected chi connectivity index (χ4v) is 1.68. The van der Waals surface area contributed by atoms with Crippen molar-refractivity contribution in [3.8, 4) is 0 Å². The molecule has 76 valence electrons. The average molecular weight is 192 g/mol. The molecule has 1 aliphatic rings. The van der Waals surface area contributed by atoms with Crippen molar-refractivity contribution in [1.29, 1.82) is 0 Å². The van der Waals surface area contributed by atoms with Crippen LogP contribution in [0, 0.1) is 6.92 Å². The van der Waals surface area contributed by atoms with Crippen LogP contribution in [0.1, 0.15) is 12.1 Å². The molecule has 0 radical (unpaired) electrons. The lowest BCUT2D eigenvalue weighted by Gasteiger charge is -2.20. The SMILES string of the molecule is Cc1cccc(N2CCCOCC2)n1. The van der Waals surface area contributed by atoms with Crippen LogP contribution in [0.5, 0.6) is 0 Å². The third kappa shape index (κ3) is 2.23. The lowest BCUT2D eigenvalue weighted by Crippen LogP contribution is -2.26. The highest BCUT2D eigenvalue weighted by Crippen LogP contribution is 2.12. The Hall–Kier alpha value is -1.09. The largest absolute Gasteiger partial charge is 0.380 e. The highest BCUT2D eigenvalue weighted by Gasteiger charge is 2.10. The van der Waals surface area contributed by atoms with Crippen LogP contribution in [-0.2, 0) is 4.74 Å². The van der Waals surface area contributed by atoms with E-state index in [1.807, 2.05) is 13.0 Å². The van der Waals surface area contributed by atoms with Crippen LogP contribution in [0.2, 0.25) is 0 Å². The van der Waals surface area contributed by atoms with Gasteiger partial charge in [-0.3, -0.25) is 0 Å². The van der Waals surface area contributed by atoms with Crippen LogP contribution >= 0.6 is 0 Å². The van der Waals surface area contributed by atoms with E-state index < -0.39 is 0 Å². The third-order valence-electron chi connectivity index (χ3n) is 2.42. The molecule has 1 saturated heterocycles. The van der Waals surface area contributed by atoms with E-state index in [9.17, 15) is 0 Å². The summed E-state index contributed by atoms with van der Waals surface area (Å²) >= 11 is 0. The van der Waals surface area contributed by atoms with Crippen LogP contribution < -0.4 is 4.90 Å². The smallest absolute Gasteiger partial charge is 0.128 e. The Labute approximate surface area is 84.7 Å². The first kappa shape index (κ1) is 9.46. The highest BCUT2D eigenvalue weighted by atomic mass is 16.5. The maximum absolute atomic E-state index is 5.41. The second kappa shape index (κ2) is 4.42. The summed E-state index contributed by atoms with van der Waals surface area (Å²) in [6, 6.07) is 6.15. The summed E-state index contributed by atoms with van der Waals surface area (Å²) in [4.78, 5) is 6.80. The first-order valence-electron chi connectivity index (χ1n) is 5.12. The van der Waals surface area contributed by atoms with Crippen LogP contribution in [0.3, 0.4) is 0 Å². The van der Waals surface area contributed by atoms with Gasteiger partial charge in [0.2, 0.25) is 0 Å². The van der Waals surface area contributed by atoms with Crippen molar-refractivity contribution in [3.05, 3.63) is 23.9 Å². The third-order valence-corrected chi connectivity index (χ3v) is 2.42.